The summed E-state index contributed by atoms with van der Waals surface area (Å²) < 4.78 is 5.87. The van der Waals surface area contributed by atoms with Gasteiger partial charge in [-0.1, -0.05) is 41.7 Å². The van der Waals surface area contributed by atoms with Crippen molar-refractivity contribution in [3.63, 3.8) is 0 Å². The van der Waals surface area contributed by atoms with E-state index in [9.17, 15) is 0 Å². The number of ether oxygens (including phenoxy) is 1. The molecule has 2 aromatic carbocycles. The third kappa shape index (κ3) is 4.85. The average molecular weight is 299 g/mol. The highest BCUT2D eigenvalue weighted by molar-refractivity contribution is 6.18. The molecule has 21 heavy (non-hydrogen) atoms. The lowest BCUT2D eigenvalue weighted by Gasteiger charge is -2.09. The molecule has 0 aromatic heterocycles. The van der Waals surface area contributed by atoms with Crippen LogP contribution >= 0.6 is 11.6 Å². The van der Waals surface area contributed by atoms with Gasteiger partial charge in [-0.25, -0.2) is 0 Å². The molecule has 0 aliphatic heterocycles. The average Bonchev–Trinajstić information content (AvgIpc) is 2.48. The molecule has 0 saturated heterocycles. The summed E-state index contributed by atoms with van der Waals surface area (Å²) in [6.07, 6.45) is 0.715. The van der Waals surface area contributed by atoms with Crippen LogP contribution in [-0.4, -0.2) is 5.88 Å². The van der Waals surface area contributed by atoms with Crippen molar-refractivity contribution in [1.82, 2.24) is 0 Å². The molecule has 0 bridgehead atoms. The summed E-state index contributed by atoms with van der Waals surface area (Å²) >= 11 is 5.61. The van der Waals surface area contributed by atoms with Crippen molar-refractivity contribution in [3.05, 3.63) is 64.7 Å². The Bertz CT molecular complexity index is 648. The zero-order chi connectivity index (χ0) is 15.1. The summed E-state index contributed by atoms with van der Waals surface area (Å²) in [7, 11) is 0. The highest BCUT2D eigenvalue weighted by atomic mass is 35.5. The third-order valence-electron chi connectivity index (χ3n) is 3.14. The molecule has 0 radical (unpaired) electrons. The van der Waals surface area contributed by atoms with E-state index in [0.29, 0.717) is 18.9 Å². The second kappa shape index (κ2) is 7.76. The molecular weight excluding hydrogens is 280 g/mol. The molecule has 0 atom stereocenters. The van der Waals surface area contributed by atoms with E-state index in [1.54, 1.807) is 0 Å². The van der Waals surface area contributed by atoms with E-state index in [0.717, 1.165) is 16.9 Å². The van der Waals surface area contributed by atoms with E-state index in [4.69, 9.17) is 16.3 Å². The van der Waals surface area contributed by atoms with Gasteiger partial charge in [0, 0.05) is 17.9 Å². The van der Waals surface area contributed by atoms with Gasteiger partial charge in [-0.15, -0.1) is 11.6 Å². The zero-order valence-electron chi connectivity index (χ0n) is 12.4. The van der Waals surface area contributed by atoms with E-state index in [2.05, 4.69) is 43.0 Å². The normalized spacial score (nSPS) is 9.86. The van der Waals surface area contributed by atoms with Crippen molar-refractivity contribution in [2.75, 3.05) is 5.88 Å². The summed E-state index contributed by atoms with van der Waals surface area (Å²) in [5.41, 5.74) is 4.53. The van der Waals surface area contributed by atoms with E-state index in [1.807, 2.05) is 25.1 Å². The Morgan fingerprint density at radius 1 is 1.05 bits per heavy atom. The first-order valence-corrected chi connectivity index (χ1v) is 7.56. The maximum atomic E-state index is 5.87. The molecule has 0 fully saturated rings. The zero-order valence-corrected chi connectivity index (χ0v) is 13.2. The molecule has 0 saturated carbocycles. The molecule has 0 unspecified atom stereocenters. The molecule has 1 nitrogen and oxygen atoms in total. The smallest absolute Gasteiger partial charge is 0.122 e. The van der Waals surface area contributed by atoms with Gasteiger partial charge in [0.2, 0.25) is 0 Å². The SMILES string of the molecule is Cc1ccc(COc2ccc(C#CCCCl)cc2C)cc1. The Labute approximate surface area is 131 Å². The van der Waals surface area contributed by atoms with Crippen LogP contribution in [-0.2, 0) is 6.61 Å². The first-order chi connectivity index (χ1) is 10.2. The van der Waals surface area contributed by atoms with E-state index < -0.39 is 0 Å². The lowest BCUT2D eigenvalue weighted by atomic mass is 10.1. The van der Waals surface area contributed by atoms with Gasteiger partial charge in [-0.3, -0.25) is 0 Å². The fraction of sp³-hybridized carbons (Fsp3) is 0.263. The molecule has 2 rings (SSSR count). The molecule has 0 amide bonds. The summed E-state index contributed by atoms with van der Waals surface area (Å²) in [6.45, 7) is 4.70. The largest absolute Gasteiger partial charge is 0.489 e. The number of hydrogen-bond donors (Lipinski definition) is 0. The van der Waals surface area contributed by atoms with Crippen molar-refractivity contribution < 1.29 is 4.74 Å². The summed E-state index contributed by atoms with van der Waals surface area (Å²) in [6, 6.07) is 14.4. The lowest BCUT2D eigenvalue weighted by Crippen LogP contribution is -1.97. The maximum Gasteiger partial charge on any atom is 0.122 e. The summed E-state index contributed by atoms with van der Waals surface area (Å²) in [4.78, 5) is 0. The summed E-state index contributed by atoms with van der Waals surface area (Å²) in [5.74, 6) is 7.62. The van der Waals surface area contributed by atoms with Crippen LogP contribution in [0.25, 0.3) is 0 Å². The molecular formula is C19H19ClO. The van der Waals surface area contributed by atoms with Crippen LogP contribution in [0, 0.1) is 25.7 Å². The van der Waals surface area contributed by atoms with Gasteiger partial charge in [0.1, 0.15) is 12.4 Å². The molecule has 0 spiro atoms. The quantitative estimate of drug-likeness (QED) is 0.578. The van der Waals surface area contributed by atoms with Crippen molar-refractivity contribution >= 4 is 11.6 Å². The van der Waals surface area contributed by atoms with Crippen LogP contribution in [0.5, 0.6) is 5.75 Å². The Kier molecular flexibility index (Phi) is 5.72. The van der Waals surface area contributed by atoms with Crippen LogP contribution in [0.1, 0.15) is 28.7 Å². The minimum Gasteiger partial charge on any atom is -0.489 e. The van der Waals surface area contributed by atoms with Crippen molar-refractivity contribution in [3.8, 4) is 17.6 Å². The van der Waals surface area contributed by atoms with Crippen molar-refractivity contribution in [2.45, 2.75) is 26.9 Å². The van der Waals surface area contributed by atoms with Crippen LogP contribution in [0.2, 0.25) is 0 Å². The number of alkyl halides is 1. The lowest BCUT2D eigenvalue weighted by molar-refractivity contribution is 0.304. The number of halogens is 1. The van der Waals surface area contributed by atoms with Crippen LogP contribution in [0.15, 0.2) is 42.5 Å². The van der Waals surface area contributed by atoms with Crippen molar-refractivity contribution in [1.29, 1.82) is 0 Å². The highest BCUT2D eigenvalue weighted by Crippen LogP contribution is 2.20. The molecule has 0 aliphatic carbocycles. The molecule has 0 aliphatic rings. The maximum absolute atomic E-state index is 5.87. The Balaban J connectivity index is 2.01. The number of aryl methyl sites for hydroxylation is 2. The van der Waals surface area contributed by atoms with Gasteiger partial charge in [-0.05, 0) is 43.2 Å². The summed E-state index contributed by atoms with van der Waals surface area (Å²) in [5, 5.41) is 0. The second-order valence-electron chi connectivity index (χ2n) is 5.00. The first-order valence-electron chi connectivity index (χ1n) is 7.03. The number of rotatable bonds is 4. The first kappa shape index (κ1) is 15.5. The molecule has 108 valence electrons. The standard InChI is InChI=1S/C19H19ClO/c1-15-6-8-18(9-7-15)14-21-19-11-10-17(13-16(19)2)5-3-4-12-20/h6-11,13H,4,12,14H2,1-2H3. The van der Waals surface area contributed by atoms with Gasteiger partial charge < -0.3 is 4.74 Å². The van der Waals surface area contributed by atoms with Gasteiger partial charge in [0.25, 0.3) is 0 Å². The Morgan fingerprint density at radius 3 is 2.48 bits per heavy atom. The predicted molar refractivity (Wildman–Crippen MR) is 88.9 cm³/mol. The Hall–Kier alpha value is -1.91. The van der Waals surface area contributed by atoms with Gasteiger partial charge in [0.15, 0.2) is 0 Å². The minimum absolute atomic E-state index is 0.573. The van der Waals surface area contributed by atoms with Crippen LogP contribution in [0.4, 0.5) is 0 Å². The van der Waals surface area contributed by atoms with Gasteiger partial charge in [-0.2, -0.15) is 0 Å². The third-order valence-corrected chi connectivity index (χ3v) is 3.33. The fourth-order valence-corrected chi connectivity index (χ4v) is 2.04. The molecule has 0 N–H and O–H groups in total. The molecule has 2 aromatic rings. The number of benzene rings is 2. The van der Waals surface area contributed by atoms with E-state index in [-0.39, 0.29) is 0 Å². The van der Waals surface area contributed by atoms with Crippen LogP contribution in [0.3, 0.4) is 0 Å². The topological polar surface area (TPSA) is 9.23 Å². The van der Waals surface area contributed by atoms with E-state index >= 15 is 0 Å². The van der Waals surface area contributed by atoms with Crippen molar-refractivity contribution in [2.24, 2.45) is 0 Å². The molecule has 2 heteroatoms. The van der Waals surface area contributed by atoms with Gasteiger partial charge in [0.05, 0.1) is 0 Å². The Morgan fingerprint density at radius 2 is 1.81 bits per heavy atom. The van der Waals surface area contributed by atoms with Gasteiger partial charge >= 0.3 is 0 Å². The minimum atomic E-state index is 0.573. The highest BCUT2D eigenvalue weighted by Gasteiger charge is 2.01. The van der Waals surface area contributed by atoms with E-state index in [1.165, 1.54) is 11.1 Å². The second-order valence-corrected chi connectivity index (χ2v) is 5.37. The van der Waals surface area contributed by atoms with Crippen LogP contribution < -0.4 is 4.74 Å². The monoisotopic (exact) mass is 298 g/mol. The fourth-order valence-electron chi connectivity index (χ4n) is 1.95. The molecule has 0 heterocycles. The predicted octanol–water partition coefficient (Wildman–Crippen LogP) is 4.86. The number of hydrogen-bond acceptors (Lipinski definition) is 1.